The van der Waals surface area contributed by atoms with E-state index in [9.17, 15) is 18.0 Å². The SMILES string of the molecule is CNS(=O)(=O)c1ccc(C)c(NC(=O)C2CC2C(=O)O)c1. The minimum Gasteiger partial charge on any atom is -0.481 e. The van der Waals surface area contributed by atoms with Gasteiger partial charge in [-0.05, 0) is 38.1 Å². The number of hydrogen-bond acceptors (Lipinski definition) is 4. The molecule has 0 heterocycles. The summed E-state index contributed by atoms with van der Waals surface area (Å²) in [7, 11) is -2.30. The highest BCUT2D eigenvalue weighted by molar-refractivity contribution is 7.89. The molecule has 0 bridgehead atoms. The number of sulfonamides is 1. The Morgan fingerprint density at radius 1 is 1.29 bits per heavy atom. The Bertz CT molecular complexity index is 699. The lowest BCUT2D eigenvalue weighted by Crippen LogP contribution is -2.20. The Balaban J connectivity index is 2.19. The zero-order chi connectivity index (χ0) is 15.8. The predicted octanol–water partition coefficient (Wildman–Crippen LogP) is 0.562. The number of carboxylic acids is 1. The van der Waals surface area contributed by atoms with Crippen LogP contribution < -0.4 is 10.0 Å². The fourth-order valence-corrected chi connectivity index (χ4v) is 2.76. The Morgan fingerprint density at radius 2 is 1.95 bits per heavy atom. The maximum absolute atomic E-state index is 11.9. The largest absolute Gasteiger partial charge is 0.481 e. The van der Waals surface area contributed by atoms with Crippen molar-refractivity contribution in [2.75, 3.05) is 12.4 Å². The van der Waals surface area contributed by atoms with E-state index in [-0.39, 0.29) is 4.90 Å². The summed E-state index contributed by atoms with van der Waals surface area (Å²) in [5.41, 5.74) is 1.07. The van der Waals surface area contributed by atoms with Crippen molar-refractivity contribution in [3.63, 3.8) is 0 Å². The molecule has 0 aromatic heterocycles. The number of carbonyl (C=O) groups excluding carboxylic acids is 1. The first kappa shape index (κ1) is 15.5. The summed E-state index contributed by atoms with van der Waals surface area (Å²) in [4.78, 5) is 22.7. The highest BCUT2D eigenvalue weighted by Crippen LogP contribution is 2.39. The highest BCUT2D eigenvalue weighted by Gasteiger charge is 2.48. The maximum Gasteiger partial charge on any atom is 0.307 e. The third-order valence-electron chi connectivity index (χ3n) is 3.49. The molecule has 1 aliphatic carbocycles. The van der Waals surface area contributed by atoms with E-state index in [1.54, 1.807) is 13.0 Å². The normalized spacial score (nSPS) is 20.9. The van der Waals surface area contributed by atoms with E-state index in [0.717, 1.165) is 0 Å². The van der Waals surface area contributed by atoms with Gasteiger partial charge in [0.05, 0.1) is 16.7 Å². The Hall–Kier alpha value is -1.93. The van der Waals surface area contributed by atoms with Gasteiger partial charge in [-0.1, -0.05) is 6.07 Å². The highest BCUT2D eigenvalue weighted by atomic mass is 32.2. The van der Waals surface area contributed by atoms with Crippen LogP contribution in [0.3, 0.4) is 0 Å². The zero-order valence-electron chi connectivity index (χ0n) is 11.6. The van der Waals surface area contributed by atoms with E-state index in [1.807, 2.05) is 0 Å². The quantitative estimate of drug-likeness (QED) is 0.735. The van der Waals surface area contributed by atoms with E-state index in [0.29, 0.717) is 17.7 Å². The number of anilines is 1. The summed E-state index contributed by atoms with van der Waals surface area (Å²) >= 11 is 0. The number of carbonyl (C=O) groups is 2. The molecular weight excluding hydrogens is 296 g/mol. The molecule has 8 heteroatoms. The molecule has 1 aromatic rings. The number of aryl methyl sites for hydroxylation is 1. The van der Waals surface area contributed by atoms with Gasteiger partial charge in [0.25, 0.3) is 0 Å². The van der Waals surface area contributed by atoms with E-state index in [4.69, 9.17) is 5.11 Å². The molecule has 2 atom stereocenters. The molecule has 1 aromatic carbocycles. The molecule has 2 rings (SSSR count). The number of nitrogens with one attached hydrogen (secondary N) is 2. The zero-order valence-corrected chi connectivity index (χ0v) is 12.4. The van der Waals surface area contributed by atoms with E-state index < -0.39 is 33.7 Å². The van der Waals surface area contributed by atoms with Crippen LogP contribution in [0.25, 0.3) is 0 Å². The van der Waals surface area contributed by atoms with Crippen molar-refractivity contribution < 1.29 is 23.1 Å². The monoisotopic (exact) mass is 312 g/mol. The molecular formula is C13H16N2O5S. The van der Waals surface area contributed by atoms with Gasteiger partial charge in [0.2, 0.25) is 15.9 Å². The molecule has 114 valence electrons. The van der Waals surface area contributed by atoms with Crippen LogP contribution in [0.1, 0.15) is 12.0 Å². The molecule has 7 nitrogen and oxygen atoms in total. The van der Waals surface area contributed by atoms with E-state index >= 15 is 0 Å². The van der Waals surface area contributed by atoms with Crippen molar-refractivity contribution in [3.8, 4) is 0 Å². The van der Waals surface area contributed by atoms with Crippen molar-refractivity contribution in [2.45, 2.75) is 18.2 Å². The van der Waals surface area contributed by atoms with Crippen molar-refractivity contribution >= 4 is 27.6 Å². The molecule has 21 heavy (non-hydrogen) atoms. The summed E-state index contributed by atoms with van der Waals surface area (Å²) in [6.45, 7) is 1.73. The van der Waals surface area contributed by atoms with Gasteiger partial charge in [-0.25, -0.2) is 13.1 Å². The molecule has 2 unspecified atom stereocenters. The van der Waals surface area contributed by atoms with Crippen molar-refractivity contribution in [2.24, 2.45) is 11.8 Å². The van der Waals surface area contributed by atoms with Crippen molar-refractivity contribution in [3.05, 3.63) is 23.8 Å². The standard InChI is InChI=1S/C13H16N2O5S/c1-7-3-4-8(21(19,20)14-2)5-11(7)15-12(16)9-6-10(9)13(17)18/h3-5,9-10,14H,6H2,1-2H3,(H,15,16)(H,17,18). The number of rotatable bonds is 5. The van der Waals surface area contributed by atoms with Crippen LogP contribution in [0.5, 0.6) is 0 Å². The molecule has 0 radical (unpaired) electrons. The van der Waals surface area contributed by atoms with Gasteiger partial charge in [0, 0.05) is 5.69 Å². The number of amides is 1. The van der Waals surface area contributed by atoms with Crippen LogP contribution in [-0.4, -0.2) is 32.4 Å². The van der Waals surface area contributed by atoms with Gasteiger partial charge >= 0.3 is 5.97 Å². The number of hydrogen-bond donors (Lipinski definition) is 3. The summed E-state index contributed by atoms with van der Waals surface area (Å²) in [5, 5.41) is 11.4. The van der Waals surface area contributed by atoms with E-state index in [2.05, 4.69) is 10.0 Å². The lowest BCUT2D eigenvalue weighted by atomic mass is 10.2. The third kappa shape index (κ3) is 3.22. The lowest BCUT2D eigenvalue weighted by Gasteiger charge is -2.10. The van der Waals surface area contributed by atoms with Crippen molar-refractivity contribution in [1.82, 2.24) is 4.72 Å². The first-order valence-corrected chi connectivity index (χ1v) is 7.82. The molecule has 0 spiro atoms. The average molecular weight is 312 g/mol. The summed E-state index contributed by atoms with van der Waals surface area (Å²) < 4.78 is 25.7. The fraction of sp³-hybridized carbons (Fsp3) is 0.385. The van der Waals surface area contributed by atoms with Gasteiger partial charge in [0.1, 0.15) is 0 Å². The molecule has 3 N–H and O–H groups in total. The summed E-state index contributed by atoms with van der Waals surface area (Å²) in [5.74, 6) is -2.58. The molecule has 0 saturated heterocycles. The topological polar surface area (TPSA) is 113 Å². The minimum absolute atomic E-state index is 0.0384. The smallest absolute Gasteiger partial charge is 0.307 e. The predicted molar refractivity (Wildman–Crippen MR) is 75.3 cm³/mol. The number of benzene rings is 1. The second-order valence-corrected chi connectivity index (χ2v) is 6.85. The van der Waals surface area contributed by atoms with Gasteiger partial charge in [-0.15, -0.1) is 0 Å². The average Bonchev–Trinajstić information content (AvgIpc) is 3.21. The fourth-order valence-electron chi connectivity index (χ4n) is 2.00. The maximum atomic E-state index is 11.9. The van der Waals surface area contributed by atoms with Crippen LogP contribution in [0.4, 0.5) is 5.69 Å². The second-order valence-electron chi connectivity index (χ2n) is 4.96. The Labute approximate surface area is 122 Å². The first-order valence-electron chi connectivity index (χ1n) is 6.34. The van der Waals surface area contributed by atoms with Gasteiger partial charge in [-0.2, -0.15) is 0 Å². The number of carboxylic acid groups (broad SMARTS) is 1. The summed E-state index contributed by atoms with van der Waals surface area (Å²) in [6.07, 6.45) is 0.314. The van der Waals surface area contributed by atoms with Gasteiger partial charge in [0.15, 0.2) is 0 Å². The lowest BCUT2D eigenvalue weighted by molar-refractivity contribution is -0.139. The van der Waals surface area contributed by atoms with Crippen LogP contribution in [-0.2, 0) is 19.6 Å². The van der Waals surface area contributed by atoms with Crippen molar-refractivity contribution in [1.29, 1.82) is 0 Å². The summed E-state index contributed by atoms with van der Waals surface area (Å²) in [6, 6.07) is 4.38. The van der Waals surface area contributed by atoms with Crippen LogP contribution in [0, 0.1) is 18.8 Å². The molecule has 1 saturated carbocycles. The molecule has 1 fully saturated rings. The molecule has 0 aliphatic heterocycles. The first-order chi connectivity index (χ1) is 9.76. The molecule has 1 amide bonds. The van der Waals surface area contributed by atoms with Crippen LogP contribution in [0.2, 0.25) is 0 Å². The van der Waals surface area contributed by atoms with Gasteiger partial charge < -0.3 is 10.4 Å². The Kier molecular flexibility index (Phi) is 4.02. The van der Waals surface area contributed by atoms with E-state index in [1.165, 1.54) is 19.2 Å². The van der Waals surface area contributed by atoms with Crippen LogP contribution in [0.15, 0.2) is 23.1 Å². The number of aliphatic carboxylic acids is 1. The van der Waals surface area contributed by atoms with Gasteiger partial charge in [-0.3, -0.25) is 9.59 Å². The Morgan fingerprint density at radius 3 is 2.48 bits per heavy atom. The minimum atomic E-state index is -3.60. The van der Waals surface area contributed by atoms with Crippen LogP contribution >= 0.6 is 0 Å². The molecule has 1 aliphatic rings. The second kappa shape index (κ2) is 5.45. The third-order valence-corrected chi connectivity index (χ3v) is 4.90.